The highest BCUT2D eigenvalue weighted by atomic mass is 28.2. The summed E-state index contributed by atoms with van der Waals surface area (Å²) in [5, 5.41) is 0. The van der Waals surface area contributed by atoms with E-state index in [0.29, 0.717) is 6.54 Å². The first kappa shape index (κ1) is 22.6. The van der Waals surface area contributed by atoms with Gasteiger partial charge in [0.05, 0.1) is 0 Å². The zero-order valence-corrected chi connectivity index (χ0v) is 17.5. The second-order valence-corrected chi connectivity index (χ2v) is 8.54. The van der Waals surface area contributed by atoms with Gasteiger partial charge in [0.15, 0.2) is 6.29 Å². The first-order chi connectivity index (χ1) is 12.6. The minimum absolute atomic E-state index is 0.106. The lowest BCUT2D eigenvalue weighted by Gasteiger charge is -2.18. The van der Waals surface area contributed by atoms with Crippen LogP contribution in [0.15, 0.2) is 14.4 Å². The van der Waals surface area contributed by atoms with Gasteiger partial charge in [0, 0.05) is 29.3 Å². The van der Waals surface area contributed by atoms with Crippen molar-refractivity contribution < 1.29 is 9.47 Å². The molecule has 8 nitrogen and oxygen atoms in total. The molecule has 1 heterocycles. The summed E-state index contributed by atoms with van der Waals surface area (Å²) in [7, 11) is -0.296. The highest BCUT2D eigenvalue weighted by Gasteiger charge is 2.09. The molecule has 1 aromatic rings. The molecule has 2 N–H and O–H groups in total. The normalized spacial score (nSPS) is 11.8. The Bertz CT molecular complexity index is 611. The van der Waals surface area contributed by atoms with Crippen LogP contribution in [-0.2, 0) is 16.0 Å². The van der Waals surface area contributed by atoms with Crippen molar-refractivity contribution in [1.29, 1.82) is 0 Å². The van der Waals surface area contributed by atoms with Gasteiger partial charge in [-0.05, 0) is 25.7 Å². The zero-order chi connectivity index (χ0) is 19.2. The molecule has 0 bridgehead atoms. The Morgan fingerprint density at radius 1 is 0.923 bits per heavy atom. The number of aromatic nitrogens is 3. The molecule has 1 rings (SSSR count). The average Bonchev–Trinajstić information content (AvgIpc) is 2.59. The maximum Gasteiger partial charge on any atom is 0.333 e. The monoisotopic (exact) mass is 387 g/mol. The standard InChI is InChI=1S/C17H33N3O5Si/c1-3-5-10-24-14(25-11-6-4-2)8-13-26-12-7-9-20-16(22)18-15(21)19-17(20)23/h14H,3-13,26H2,1-2H3,(H2,18,19,21,22,23). The van der Waals surface area contributed by atoms with Crippen LogP contribution in [0, 0.1) is 0 Å². The zero-order valence-electron chi connectivity index (χ0n) is 16.1. The predicted octanol–water partition coefficient (Wildman–Crippen LogP) is 0.970. The summed E-state index contributed by atoms with van der Waals surface area (Å²) in [6.07, 6.45) is 5.89. The van der Waals surface area contributed by atoms with Crippen LogP contribution < -0.4 is 17.1 Å². The second kappa shape index (κ2) is 13.7. The van der Waals surface area contributed by atoms with Crippen LogP contribution in [0.25, 0.3) is 0 Å². The molecule has 0 unspecified atom stereocenters. The van der Waals surface area contributed by atoms with E-state index in [2.05, 4.69) is 23.8 Å². The highest BCUT2D eigenvalue weighted by Crippen LogP contribution is 2.09. The fourth-order valence-corrected chi connectivity index (χ4v) is 4.08. The number of hydrogen-bond donors (Lipinski definition) is 2. The van der Waals surface area contributed by atoms with Crippen molar-refractivity contribution in [3.05, 3.63) is 31.5 Å². The number of H-pyrrole nitrogens is 2. The number of ether oxygens (including phenoxy) is 2. The summed E-state index contributed by atoms with van der Waals surface area (Å²) in [6.45, 7) is 6.10. The SMILES string of the molecule is CCCCOC(CC[SiH2]CCCn1c(=O)[nH]c(=O)[nH]c1=O)OCCCC. The van der Waals surface area contributed by atoms with Crippen LogP contribution in [0.5, 0.6) is 0 Å². The maximum absolute atomic E-state index is 11.6. The molecular formula is C17H33N3O5Si. The van der Waals surface area contributed by atoms with E-state index in [9.17, 15) is 14.4 Å². The van der Waals surface area contributed by atoms with Gasteiger partial charge in [-0.3, -0.25) is 9.97 Å². The first-order valence-electron chi connectivity index (χ1n) is 9.75. The summed E-state index contributed by atoms with van der Waals surface area (Å²) in [4.78, 5) is 38.3. The molecule has 0 saturated carbocycles. The van der Waals surface area contributed by atoms with Crippen LogP contribution >= 0.6 is 0 Å². The Balaban J connectivity index is 2.26. The van der Waals surface area contributed by atoms with Gasteiger partial charge in [-0.25, -0.2) is 19.0 Å². The molecule has 0 aromatic carbocycles. The van der Waals surface area contributed by atoms with Gasteiger partial charge in [0.25, 0.3) is 0 Å². The summed E-state index contributed by atoms with van der Waals surface area (Å²) in [5.41, 5.74) is -2.05. The number of nitrogens with one attached hydrogen (secondary N) is 2. The molecule has 0 atom stereocenters. The third-order valence-corrected chi connectivity index (χ3v) is 6.01. The first-order valence-corrected chi connectivity index (χ1v) is 11.7. The Morgan fingerprint density at radius 3 is 2.04 bits per heavy atom. The number of hydrogen-bond acceptors (Lipinski definition) is 5. The fraction of sp³-hybridized carbons (Fsp3) is 0.824. The van der Waals surface area contributed by atoms with Crippen molar-refractivity contribution in [1.82, 2.24) is 14.5 Å². The molecule has 9 heteroatoms. The third-order valence-electron chi connectivity index (χ3n) is 4.11. The minimum atomic E-state index is -0.761. The molecule has 0 radical (unpaired) electrons. The molecule has 1 aromatic heterocycles. The summed E-state index contributed by atoms with van der Waals surface area (Å²) < 4.78 is 12.7. The van der Waals surface area contributed by atoms with Crippen LogP contribution in [0.3, 0.4) is 0 Å². The lowest BCUT2D eigenvalue weighted by molar-refractivity contribution is -0.144. The minimum Gasteiger partial charge on any atom is -0.353 e. The average molecular weight is 388 g/mol. The quantitative estimate of drug-likeness (QED) is 0.265. The van der Waals surface area contributed by atoms with E-state index in [0.717, 1.165) is 68.4 Å². The molecule has 0 fully saturated rings. The predicted molar refractivity (Wildman–Crippen MR) is 105 cm³/mol. The second-order valence-electron chi connectivity index (χ2n) is 6.42. The van der Waals surface area contributed by atoms with Crippen LogP contribution in [0.2, 0.25) is 12.1 Å². The summed E-state index contributed by atoms with van der Waals surface area (Å²) >= 11 is 0. The van der Waals surface area contributed by atoms with Crippen molar-refractivity contribution >= 4 is 9.52 Å². The van der Waals surface area contributed by atoms with Gasteiger partial charge in [-0.2, -0.15) is 0 Å². The Kier molecular flexibility index (Phi) is 11.9. The van der Waals surface area contributed by atoms with Crippen molar-refractivity contribution in [2.24, 2.45) is 0 Å². The number of rotatable bonds is 15. The molecule has 0 aliphatic rings. The van der Waals surface area contributed by atoms with Crippen molar-refractivity contribution in [2.45, 2.75) is 77.3 Å². The van der Waals surface area contributed by atoms with Gasteiger partial charge in [0.1, 0.15) is 0 Å². The largest absolute Gasteiger partial charge is 0.353 e. The van der Waals surface area contributed by atoms with E-state index in [1.807, 2.05) is 0 Å². The molecular weight excluding hydrogens is 354 g/mol. The Hall–Kier alpha value is -1.45. The van der Waals surface area contributed by atoms with Gasteiger partial charge >= 0.3 is 17.1 Å². The van der Waals surface area contributed by atoms with E-state index in [1.165, 1.54) is 0 Å². The smallest absolute Gasteiger partial charge is 0.333 e. The van der Waals surface area contributed by atoms with Gasteiger partial charge in [-0.1, -0.05) is 38.8 Å². The molecule has 26 heavy (non-hydrogen) atoms. The molecule has 0 aliphatic heterocycles. The van der Waals surface area contributed by atoms with E-state index in [-0.39, 0.29) is 15.8 Å². The lowest BCUT2D eigenvalue weighted by atomic mass is 10.3. The summed E-state index contributed by atoms with van der Waals surface area (Å²) in [5.74, 6) is 0. The van der Waals surface area contributed by atoms with Crippen molar-refractivity contribution in [3.63, 3.8) is 0 Å². The van der Waals surface area contributed by atoms with E-state index in [4.69, 9.17) is 9.47 Å². The molecule has 150 valence electrons. The number of unbranched alkanes of at least 4 members (excludes halogenated alkanes) is 2. The van der Waals surface area contributed by atoms with Crippen molar-refractivity contribution in [2.75, 3.05) is 13.2 Å². The topological polar surface area (TPSA) is 106 Å². The molecule has 0 amide bonds. The van der Waals surface area contributed by atoms with Gasteiger partial charge in [0.2, 0.25) is 0 Å². The fourth-order valence-electron chi connectivity index (χ4n) is 2.52. The molecule has 0 saturated heterocycles. The lowest BCUT2D eigenvalue weighted by Crippen LogP contribution is -2.43. The third kappa shape index (κ3) is 9.30. The van der Waals surface area contributed by atoms with Crippen LogP contribution in [-0.4, -0.2) is 43.6 Å². The van der Waals surface area contributed by atoms with Crippen LogP contribution in [0.4, 0.5) is 0 Å². The van der Waals surface area contributed by atoms with Gasteiger partial charge in [-0.15, -0.1) is 0 Å². The molecule has 0 aliphatic carbocycles. The number of nitrogens with zero attached hydrogens (tertiary/aromatic N) is 1. The maximum atomic E-state index is 11.6. The number of aromatic amines is 2. The molecule has 0 spiro atoms. The van der Waals surface area contributed by atoms with E-state index >= 15 is 0 Å². The van der Waals surface area contributed by atoms with E-state index < -0.39 is 17.1 Å². The van der Waals surface area contributed by atoms with Crippen LogP contribution in [0.1, 0.15) is 52.4 Å². The summed E-state index contributed by atoms with van der Waals surface area (Å²) in [6, 6.07) is 2.14. The van der Waals surface area contributed by atoms with E-state index in [1.54, 1.807) is 0 Å². The highest BCUT2D eigenvalue weighted by molar-refractivity contribution is 6.35. The van der Waals surface area contributed by atoms with Crippen molar-refractivity contribution in [3.8, 4) is 0 Å². The van der Waals surface area contributed by atoms with Gasteiger partial charge < -0.3 is 9.47 Å². The Labute approximate surface area is 156 Å². The Morgan fingerprint density at radius 2 is 1.50 bits per heavy atom.